The molecule has 2 atom stereocenters. The van der Waals surface area contributed by atoms with Gasteiger partial charge in [0.2, 0.25) is 0 Å². The van der Waals surface area contributed by atoms with Gasteiger partial charge in [-0.05, 0) is 25.3 Å². The highest BCUT2D eigenvalue weighted by molar-refractivity contribution is 9.09. The highest BCUT2D eigenvalue weighted by atomic mass is 79.9. The molecule has 1 fully saturated rings. The predicted molar refractivity (Wildman–Crippen MR) is 61.6 cm³/mol. The molecular weight excluding hydrogens is 278 g/mol. The molecule has 2 rings (SSSR count). The van der Waals surface area contributed by atoms with Gasteiger partial charge in [-0.1, -0.05) is 22.0 Å². The van der Waals surface area contributed by atoms with E-state index in [4.69, 9.17) is 4.74 Å². The summed E-state index contributed by atoms with van der Waals surface area (Å²) < 4.78 is 31.9. The molecule has 1 aromatic rings. The summed E-state index contributed by atoms with van der Waals surface area (Å²) in [6, 6.07) is 3.66. The van der Waals surface area contributed by atoms with E-state index in [1.54, 1.807) is 0 Å². The smallest absolute Gasteiger partial charge is 0.130 e. The Morgan fingerprint density at radius 3 is 2.75 bits per heavy atom. The van der Waals surface area contributed by atoms with Crippen LogP contribution in [0, 0.1) is 11.6 Å². The fraction of sp³-hybridized carbons (Fsp3) is 0.500. The first-order chi connectivity index (χ1) is 7.68. The summed E-state index contributed by atoms with van der Waals surface area (Å²) in [5.74, 6) is -1.07. The lowest BCUT2D eigenvalue weighted by atomic mass is 10.0. The summed E-state index contributed by atoms with van der Waals surface area (Å²) in [4.78, 5) is -0.201. The fourth-order valence-electron chi connectivity index (χ4n) is 1.92. The van der Waals surface area contributed by atoms with Crippen LogP contribution in [0.15, 0.2) is 18.2 Å². The highest BCUT2D eigenvalue weighted by Gasteiger charge is 2.25. The van der Waals surface area contributed by atoms with Crippen molar-refractivity contribution in [3.8, 4) is 0 Å². The largest absolute Gasteiger partial charge is 0.377 e. The van der Waals surface area contributed by atoms with Crippen LogP contribution >= 0.6 is 15.9 Å². The number of alkyl halides is 1. The lowest BCUT2D eigenvalue weighted by Crippen LogP contribution is -2.23. The van der Waals surface area contributed by atoms with Gasteiger partial charge in [-0.25, -0.2) is 8.78 Å². The molecule has 0 saturated carbocycles. The number of hydrogen-bond acceptors (Lipinski definition) is 1. The van der Waals surface area contributed by atoms with Gasteiger partial charge in [-0.15, -0.1) is 0 Å². The van der Waals surface area contributed by atoms with Crippen LogP contribution in [0.25, 0.3) is 0 Å². The Labute approximate surface area is 102 Å². The van der Waals surface area contributed by atoms with Crippen molar-refractivity contribution in [2.24, 2.45) is 0 Å². The molecule has 0 aromatic heterocycles. The molecule has 0 spiro atoms. The third kappa shape index (κ3) is 2.61. The van der Waals surface area contributed by atoms with Crippen LogP contribution in [0.3, 0.4) is 0 Å². The monoisotopic (exact) mass is 290 g/mol. The van der Waals surface area contributed by atoms with Crippen LogP contribution < -0.4 is 0 Å². The second-order valence-electron chi connectivity index (χ2n) is 3.97. The van der Waals surface area contributed by atoms with E-state index in [9.17, 15) is 8.78 Å². The molecule has 0 amide bonds. The van der Waals surface area contributed by atoms with Gasteiger partial charge in [-0.2, -0.15) is 0 Å². The molecule has 1 saturated heterocycles. The molecule has 4 heteroatoms. The van der Waals surface area contributed by atoms with Crippen molar-refractivity contribution in [3.05, 3.63) is 35.4 Å². The third-order valence-corrected chi connectivity index (χ3v) is 3.88. The molecule has 88 valence electrons. The fourth-order valence-corrected chi connectivity index (χ4v) is 2.71. The topological polar surface area (TPSA) is 9.23 Å². The van der Waals surface area contributed by atoms with E-state index in [1.807, 2.05) is 0 Å². The van der Waals surface area contributed by atoms with E-state index >= 15 is 0 Å². The van der Waals surface area contributed by atoms with Gasteiger partial charge in [-0.3, -0.25) is 0 Å². The Bertz CT molecular complexity index is 364. The Hall–Kier alpha value is -0.480. The van der Waals surface area contributed by atoms with Crippen molar-refractivity contribution in [1.29, 1.82) is 0 Å². The van der Waals surface area contributed by atoms with E-state index in [1.165, 1.54) is 12.1 Å². The van der Waals surface area contributed by atoms with Crippen LogP contribution in [0.5, 0.6) is 0 Å². The molecule has 0 N–H and O–H groups in total. The number of halogens is 3. The summed E-state index contributed by atoms with van der Waals surface area (Å²) in [6.07, 6.45) is 3.04. The van der Waals surface area contributed by atoms with Crippen molar-refractivity contribution in [2.45, 2.75) is 30.2 Å². The molecule has 1 nitrogen and oxygen atoms in total. The van der Waals surface area contributed by atoms with Gasteiger partial charge in [0.25, 0.3) is 0 Å². The second-order valence-corrected chi connectivity index (χ2v) is 4.96. The van der Waals surface area contributed by atoms with Crippen LogP contribution in [-0.2, 0) is 4.74 Å². The molecule has 0 radical (unpaired) electrons. The van der Waals surface area contributed by atoms with Crippen molar-refractivity contribution in [2.75, 3.05) is 6.61 Å². The zero-order valence-electron chi connectivity index (χ0n) is 8.76. The number of benzene rings is 1. The van der Waals surface area contributed by atoms with E-state index in [0.29, 0.717) is 5.56 Å². The van der Waals surface area contributed by atoms with Crippen LogP contribution in [0.2, 0.25) is 0 Å². The van der Waals surface area contributed by atoms with Crippen molar-refractivity contribution in [3.63, 3.8) is 0 Å². The van der Waals surface area contributed by atoms with Gasteiger partial charge < -0.3 is 4.74 Å². The van der Waals surface area contributed by atoms with Crippen LogP contribution in [-0.4, -0.2) is 12.7 Å². The Morgan fingerprint density at radius 1 is 1.31 bits per heavy atom. The minimum absolute atomic E-state index is 0.0197. The van der Waals surface area contributed by atoms with Crippen LogP contribution in [0.1, 0.15) is 29.7 Å². The van der Waals surface area contributed by atoms with Gasteiger partial charge in [0.15, 0.2) is 0 Å². The zero-order valence-corrected chi connectivity index (χ0v) is 10.3. The first-order valence-corrected chi connectivity index (χ1v) is 6.30. The number of hydrogen-bond donors (Lipinski definition) is 0. The number of rotatable bonds is 2. The molecule has 16 heavy (non-hydrogen) atoms. The third-order valence-electron chi connectivity index (χ3n) is 2.80. The molecule has 0 aliphatic carbocycles. The average molecular weight is 291 g/mol. The van der Waals surface area contributed by atoms with Crippen molar-refractivity contribution >= 4 is 15.9 Å². The predicted octanol–water partition coefficient (Wildman–Crippen LogP) is 3.97. The average Bonchev–Trinajstić information content (AvgIpc) is 2.29. The van der Waals surface area contributed by atoms with E-state index < -0.39 is 11.6 Å². The molecule has 1 aliphatic heterocycles. The maximum atomic E-state index is 13.5. The van der Waals surface area contributed by atoms with Crippen molar-refractivity contribution in [1.82, 2.24) is 0 Å². The van der Waals surface area contributed by atoms with E-state index in [-0.39, 0.29) is 10.9 Å². The summed E-state index contributed by atoms with van der Waals surface area (Å²) in [5.41, 5.74) is 0.466. The molecule has 1 aliphatic rings. The summed E-state index contributed by atoms with van der Waals surface area (Å²) in [7, 11) is 0. The standard InChI is InChI=1S/C12H13BrF2O/c13-12(11-3-1-2-6-16-11)9-5-4-8(14)7-10(9)15/h4-5,7,11-12H,1-3,6H2. The summed E-state index contributed by atoms with van der Waals surface area (Å²) in [5, 5.41) is 0. The Morgan fingerprint density at radius 2 is 2.12 bits per heavy atom. The minimum atomic E-state index is -0.550. The van der Waals surface area contributed by atoms with Crippen LogP contribution in [0.4, 0.5) is 8.78 Å². The highest BCUT2D eigenvalue weighted by Crippen LogP contribution is 2.34. The first-order valence-electron chi connectivity index (χ1n) is 5.39. The minimum Gasteiger partial charge on any atom is -0.377 e. The Balaban J connectivity index is 2.15. The quantitative estimate of drug-likeness (QED) is 0.749. The zero-order chi connectivity index (χ0) is 11.5. The normalized spacial score (nSPS) is 23.1. The van der Waals surface area contributed by atoms with Gasteiger partial charge >= 0.3 is 0 Å². The molecule has 2 unspecified atom stereocenters. The SMILES string of the molecule is Fc1ccc(C(Br)C2CCCCO2)c(F)c1. The van der Waals surface area contributed by atoms with Gasteiger partial charge in [0.1, 0.15) is 11.6 Å². The molecule has 0 bridgehead atoms. The van der Waals surface area contributed by atoms with Gasteiger partial charge in [0, 0.05) is 18.2 Å². The van der Waals surface area contributed by atoms with E-state index in [0.717, 1.165) is 31.9 Å². The van der Waals surface area contributed by atoms with Crippen molar-refractivity contribution < 1.29 is 13.5 Å². The lowest BCUT2D eigenvalue weighted by Gasteiger charge is -2.27. The van der Waals surface area contributed by atoms with Gasteiger partial charge in [0.05, 0.1) is 10.9 Å². The molecular formula is C12H13BrF2O. The lowest BCUT2D eigenvalue weighted by molar-refractivity contribution is 0.0155. The molecule has 1 heterocycles. The number of ether oxygens (including phenoxy) is 1. The summed E-state index contributed by atoms with van der Waals surface area (Å²) >= 11 is 3.44. The summed E-state index contributed by atoms with van der Waals surface area (Å²) in [6.45, 7) is 0.718. The first kappa shape index (κ1) is 12.0. The maximum Gasteiger partial charge on any atom is 0.130 e. The second kappa shape index (κ2) is 5.23. The Kier molecular flexibility index (Phi) is 3.92. The maximum absolute atomic E-state index is 13.5. The molecule has 1 aromatic carbocycles. The van der Waals surface area contributed by atoms with E-state index in [2.05, 4.69) is 15.9 Å².